The Labute approximate surface area is 77.6 Å². The normalized spacial score (nSPS) is 14.8. The van der Waals surface area contributed by atoms with Crippen molar-refractivity contribution in [2.24, 2.45) is 11.5 Å². The molecule has 0 aliphatic heterocycles. The molecule has 0 aliphatic rings. The maximum Gasteiger partial charge on any atom is 0.0569 e. The zero-order valence-corrected chi connectivity index (χ0v) is 8.61. The molecule has 0 aromatic carbocycles. The molecule has 0 saturated carbocycles. The predicted octanol–water partition coefficient (Wildman–Crippen LogP) is 1.79. The Kier molecular flexibility index (Phi) is 2.56. The average Bonchev–Trinajstić information content (AvgIpc) is 2.31. The van der Waals surface area contributed by atoms with Crippen molar-refractivity contribution in [2.75, 3.05) is 0 Å². The number of thiophene rings is 1. The van der Waals surface area contributed by atoms with Crippen molar-refractivity contribution in [3.05, 3.63) is 21.9 Å². The van der Waals surface area contributed by atoms with Gasteiger partial charge in [0.1, 0.15) is 0 Å². The van der Waals surface area contributed by atoms with E-state index < -0.39 is 0 Å². The molecule has 1 atom stereocenters. The van der Waals surface area contributed by atoms with Crippen LogP contribution in [0, 0.1) is 6.92 Å². The number of hydrogen-bond acceptors (Lipinski definition) is 3. The summed E-state index contributed by atoms with van der Waals surface area (Å²) < 4.78 is 0. The van der Waals surface area contributed by atoms with E-state index in [2.05, 4.69) is 18.4 Å². The SMILES string of the molecule is Cc1ccsc1C(N)C(C)(C)N. The Morgan fingerprint density at radius 1 is 1.50 bits per heavy atom. The molecule has 1 heterocycles. The van der Waals surface area contributed by atoms with E-state index in [0.717, 1.165) is 0 Å². The van der Waals surface area contributed by atoms with Crippen molar-refractivity contribution >= 4 is 11.3 Å². The molecular weight excluding hydrogens is 168 g/mol. The molecule has 0 amide bonds. The van der Waals surface area contributed by atoms with Crippen LogP contribution < -0.4 is 11.5 Å². The van der Waals surface area contributed by atoms with E-state index >= 15 is 0 Å². The standard InChI is InChI=1S/C9H16N2S/c1-6-4-5-12-7(6)8(10)9(2,3)11/h4-5,8H,10-11H2,1-3H3. The molecule has 1 aromatic rings. The van der Waals surface area contributed by atoms with E-state index in [1.165, 1.54) is 10.4 Å². The van der Waals surface area contributed by atoms with Crippen LogP contribution in [0.5, 0.6) is 0 Å². The number of hydrogen-bond donors (Lipinski definition) is 2. The first-order chi connectivity index (χ1) is 5.43. The van der Waals surface area contributed by atoms with Gasteiger partial charge in [-0.15, -0.1) is 11.3 Å². The zero-order valence-electron chi connectivity index (χ0n) is 7.79. The molecule has 0 aliphatic carbocycles. The highest BCUT2D eigenvalue weighted by Gasteiger charge is 2.24. The van der Waals surface area contributed by atoms with Gasteiger partial charge in [-0.2, -0.15) is 0 Å². The summed E-state index contributed by atoms with van der Waals surface area (Å²) in [6, 6.07) is 2.02. The smallest absolute Gasteiger partial charge is 0.0569 e. The van der Waals surface area contributed by atoms with Gasteiger partial charge in [-0.3, -0.25) is 0 Å². The summed E-state index contributed by atoms with van der Waals surface area (Å²) in [5, 5.41) is 2.05. The first kappa shape index (κ1) is 9.71. The Morgan fingerprint density at radius 3 is 2.42 bits per heavy atom. The summed E-state index contributed by atoms with van der Waals surface area (Å²) in [4.78, 5) is 1.20. The van der Waals surface area contributed by atoms with Crippen molar-refractivity contribution in [3.8, 4) is 0 Å². The minimum absolute atomic E-state index is 0.0579. The lowest BCUT2D eigenvalue weighted by molar-refractivity contribution is 0.424. The highest BCUT2D eigenvalue weighted by molar-refractivity contribution is 7.10. The third-order valence-corrected chi connectivity index (χ3v) is 3.09. The number of rotatable bonds is 2. The summed E-state index contributed by atoms with van der Waals surface area (Å²) in [6.45, 7) is 5.98. The van der Waals surface area contributed by atoms with E-state index in [1.54, 1.807) is 11.3 Å². The van der Waals surface area contributed by atoms with E-state index in [9.17, 15) is 0 Å². The Morgan fingerprint density at radius 2 is 2.08 bits per heavy atom. The lowest BCUT2D eigenvalue weighted by Crippen LogP contribution is -2.43. The van der Waals surface area contributed by atoms with Gasteiger partial charge in [0.2, 0.25) is 0 Å². The minimum Gasteiger partial charge on any atom is -0.324 e. The van der Waals surface area contributed by atoms with Gasteiger partial charge in [-0.25, -0.2) is 0 Å². The van der Waals surface area contributed by atoms with Crippen molar-refractivity contribution in [1.82, 2.24) is 0 Å². The molecule has 12 heavy (non-hydrogen) atoms. The van der Waals surface area contributed by atoms with Gasteiger partial charge in [0.15, 0.2) is 0 Å². The van der Waals surface area contributed by atoms with Gasteiger partial charge in [-0.1, -0.05) is 0 Å². The quantitative estimate of drug-likeness (QED) is 0.736. The largest absolute Gasteiger partial charge is 0.324 e. The average molecular weight is 184 g/mol. The molecule has 0 saturated heterocycles. The lowest BCUT2D eigenvalue weighted by Gasteiger charge is -2.26. The van der Waals surface area contributed by atoms with Crippen LogP contribution in [-0.4, -0.2) is 5.54 Å². The van der Waals surface area contributed by atoms with Gasteiger partial charge in [0.05, 0.1) is 6.04 Å². The number of nitrogens with two attached hydrogens (primary N) is 2. The van der Waals surface area contributed by atoms with Crippen molar-refractivity contribution in [2.45, 2.75) is 32.4 Å². The Balaban J connectivity index is 2.92. The fourth-order valence-corrected chi connectivity index (χ4v) is 2.16. The van der Waals surface area contributed by atoms with Gasteiger partial charge in [0, 0.05) is 10.4 Å². The van der Waals surface area contributed by atoms with Crippen molar-refractivity contribution in [1.29, 1.82) is 0 Å². The first-order valence-electron chi connectivity index (χ1n) is 4.01. The summed E-state index contributed by atoms with van der Waals surface area (Å²) >= 11 is 1.68. The van der Waals surface area contributed by atoms with Gasteiger partial charge in [-0.05, 0) is 37.8 Å². The van der Waals surface area contributed by atoms with Crippen LogP contribution in [0.15, 0.2) is 11.4 Å². The summed E-state index contributed by atoms with van der Waals surface area (Å²) in [5.74, 6) is 0. The van der Waals surface area contributed by atoms with E-state index in [0.29, 0.717) is 0 Å². The molecule has 68 valence electrons. The molecule has 1 rings (SSSR count). The zero-order chi connectivity index (χ0) is 9.35. The first-order valence-corrected chi connectivity index (χ1v) is 4.89. The third kappa shape index (κ3) is 1.86. The van der Waals surface area contributed by atoms with Crippen molar-refractivity contribution in [3.63, 3.8) is 0 Å². The summed E-state index contributed by atoms with van der Waals surface area (Å²) in [6.07, 6.45) is 0. The molecule has 4 N–H and O–H groups in total. The second-order valence-electron chi connectivity index (χ2n) is 3.77. The highest BCUT2D eigenvalue weighted by Crippen LogP contribution is 2.28. The van der Waals surface area contributed by atoms with E-state index in [1.807, 2.05) is 13.8 Å². The van der Waals surface area contributed by atoms with Crippen LogP contribution in [0.3, 0.4) is 0 Å². The highest BCUT2D eigenvalue weighted by atomic mass is 32.1. The van der Waals surface area contributed by atoms with E-state index in [-0.39, 0.29) is 11.6 Å². The fourth-order valence-electron chi connectivity index (χ4n) is 1.04. The third-order valence-electron chi connectivity index (χ3n) is 1.99. The summed E-state index contributed by atoms with van der Waals surface area (Å²) in [5.41, 5.74) is 12.8. The molecule has 0 spiro atoms. The van der Waals surface area contributed by atoms with Crippen LogP contribution in [-0.2, 0) is 0 Å². The van der Waals surface area contributed by atoms with Gasteiger partial charge in [0.25, 0.3) is 0 Å². The molecule has 3 heteroatoms. The molecule has 0 bridgehead atoms. The van der Waals surface area contributed by atoms with Crippen LogP contribution >= 0.6 is 11.3 Å². The topological polar surface area (TPSA) is 52.0 Å². The molecule has 0 radical (unpaired) electrons. The second kappa shape index (κ2) is 3.17. The molecule has 1 aromatic heterocycles. The maximum atomic E-state index is 6.00. The van der Waals surface area contributed by atoms with Crippen LogP contribution in [0.2, 0.25) is 0 Å². The van der Waals surface area contributed by atoms with Crippen LogP contribution in [0.1, 0.15) is 30.3 Å². The van der Waals surface area contributed by atoms with Gasteiger partial charge >= 0.3 is 0 Å². The molecular formula is C9H16N2S. The van der Waals surface area contributed by atoms with E-state index in [4.69, 9.17) is 11.5 Å². The monoisotopic (exact) mass is 184 g/mol. The fraction of sp³-hybridized carbons (Fsp3) is 0.556. The molecule has 2 nitrogen and oxygen atoms in total. The van der Waals surface area contributed by atoms with Crippen LogP contribution in [0.25, 0.3) is 0 Å². The van der Waals surface area contributed by atoms with Crippen molar-refractivity contribution < 1.29 is 0 Å². The molecule has 1 unspecified atom stereocenters. The second-order valence-corrected chi connectivity index (χ2v) is 4.71. The van der Waals surface area contributed by atoms with Crippen LogP contribution in [0.4, 0.5) is 0 Å². The number of aryl methyl sites for hydroxylation is 1. The Bertz CT molecular complexity index is 260. The Hall–Kier alpha value is -0.380. The molecule has 0 fully saturated rings. The minimum atomic E-state index is -0.338. The lowest BCUT2D eigenvalue weighted by atomic mass is 9.94. The maximum absolute atomic E-state index is 6.00. The summed E-state index contributed by atoms with van der Waals surface area (Å²) in [7, 11) is 0. The predicted molar refractivity (Wildman–Crippen MR) is 54.3 cm³/mol. The van der Waals surface area contributed by atoms with Gasteiger partial charge < -0.3 is 11.5 Å².